The summed E-state index contributed by atoms with van der Waals surface area (Å²) < 4.78 is 9.23. The Morgan fingerprint density at radius 2 is 2.00 bits per heavy atom. The second-order valence-electron chi connectivity index (χ2n) is 7.07. The van der Waals surface area contributed by atoms with E-state index in [1.807, 2.05) is 63.8 Å². The molecule has 0 bridgehead atoms. The fourth-order valence-corrected chi connectivity index (χ4v) is 3.53. The number of nitrogens with one attached hydrogen (secondary N) is 1. The maximum Gasteiger partial charge on any atom is 0.239 e. The van der Waals surface area contributed by atoms with Crippen LogP contribution in [0.4, 0.5) is 0 Å². The van der Waals surface area contributed by atoms with Crippen molar-refractivity contribution in [3.8, 4) is 5.75 Å². The summed E-state index contributed by atoms with van der Waals surface area (Å²) in [6.45, 7) is 1.01. The van der Waals surface area contributed by atoms with Gasteiger partial charge < -0.3 is 14.6 Å². The van der Waals surface area contributed by atoms with E-state index in [9.17, 15) is 4.79 Å². The maximum atomic E-state index is 12.3. The van der Waals surface area contributed by atoms with Gasteiger partial charge in [-0.05, 0) is 49.2 Å². The molecular formula is C22H25N5O2. The van der Waals surface area contributed by atoms with Gasteiger partial charge in [0.15, 0.2) is 5.65 Å². The fourth-order valence-electron chi connectivity index (χ4n) is 3.53. The molecule has 0 saturated heterocycles. The second kappa shape index (κ2) is 8.77. The Morgan fingerprint density at radius 3 is 2.90 bits per heavy atom. The molecule has 1 aromatic carbocycles. The van der Waals surface area contributed by atoms with Crippen molar-refractivity contribution in [2.45, 2.75) is 32.2 Å². The molecule has 0 aliphatic carbocycles. The van der Waals surface area contributed by atoms with Crippen molar-refractivity contribution in [3.05, 3.63) is 60.7 Å². The van der Waals surface area contributed by atoms with Crippen LogP contribution in [-0.2, 0) is 17.8 Å². The number of pyridine rings is 1. The second-order valence-corrected chi connectivity index (χ2v) is 7.07. The highest BCUT2D eigenvalue weighted by Gasteiger charge is 2.07. The average Bonchev–Trinajstić information content (AvgIpc) is 3.34. The number of hydrogen-bond acceptors (Lipinski definition) is 4. The number of benzene rings is 1. The van der Waals surface area contributed by atoms with E-state index in [2.05, 4.69) is 15.5 Å². The van der Waals surface area contributed by atoms with Gasteiger partial charge in [0.2, 0.25) is 5.91 Å². The lowest BCUT2D eigenvalue weighted by Crippen LogP contribution is -2.28. The van der Waals surface area contributed by atoms with Crippen LogP contribution >= 0.6 is 0 Å². The molecule has 0 saturated carbocycles. The molecule has 4 rings (SSSR count). The third-order valence-corrected chi connectivity index (χ3v) is 5.08. The molecule has 7 nitrogen and oxygen atoms in total. The normalized spacial score (nSPS) is 11.2. The number of methoxy groups -OCH3 is 1. The van der Waals surface area contributed by atoms with E-state index in [0.717, 1.165) is 53.8 Å². The van der Waals surface area contributed by atoms with Gasteiger partial charge in [-0.15, -0.1) is 10.2 Å². The molecule has 3 heterocycles. The van der Waals surface area contributed by atoms with Crippen molar-refractivity contribution in [2.75, 3.05) is 13.7 Å². The Labute approximate surface area is 169 Å². The first-order valence-corrected chi connectivity index (χ1v) is 9.93. The van der Waals surface area contributed by atoms with Crippen LogP contribution < -0.4 is 10.1 Å². The molecular weight excluding hydrogens is 366 g/mol. The minimum Gasteiger partial charge on any atom is -0.497 e. The first-order valence-electron chi connectivity index (χ1n) is 9.93. The highest BCUT2D eigenvalue weighted by molar-refractivity contribution is 5.84. The number of carbonyl (C=O) groups is 1. The van der Waals surface area contributed by atoms with Crippen molar-refractivity contribution < 1.29 is 9.53 Å². The Morgan fingerprint density at radius 1 is 1.07 bits per heavy atom. The van der Waals surface area contributed by atoms with Gasteiger partial charge in [0.1, 0.15) is 18.1 Å². The smallest absolute Gasteiger partial charge is 0.239 e. The van der Waals surface area contributed by atoms with Crippen LogP contribution in [0.1, 0.15) is 25.1 Å². The van der Waals surface area contributed by atoms with Crippen LogP contribution in [0, 0.1) is 0 Å². The molecule has 0 aliphatic heterocycles. The molecule has 0 atom stereocenters. The summed E-state index contributed by atoms with van der Waals surface area (Å²) in [4.78, 5) is 12.3. The van der Waals surface area contributed by atoms with E-state index in [4.69, 9.17) is 4.74 Å². The van der Waals surface area contributed by atoms with Crippen LogP contribution in [0.2, 0.25) is 0 Å². The van der Waals surface area contributed by atoms with Crippen LogP contribution in [0.3, 0.4) is 0 Å². The molecule has 0 unspecified atom stereocenters. The van der Waals surface area contributed by atoms with Gasteiger partial charge in [-0.1, -0.05) is 12.5 Å². The SMILES string of the molecule is COc1ccc2c(ccn2CC(=O)NCCCCCc2nnc3ccccn23)c1. The lowest BCUT2D eigenvalue weighted by Gasteiger charge is -2.08. The quantitative estimate of drug-likeness (QED) is 0.445. The summed E-state index contributed by atoms with van der Waals surface area (Å²) >= 11 is 0. The Kier molecular flexibility index (Phi) is 5.74. The molecule has 0 spiro atoms. The predicted octanol–water partition coefficient (Wildman–Crippen LogP) is 3.22. The van der Waals surface area contributed by atoms with Crippen LogP contribution in [-0.4, -0.2) is 38.7 Å². The zero-order chi connectivity index (χ0) is 20.1. The summed E-state index contributed by atoms with van der Waals surface area (Å²) in [5, 5.41) is 12.5. The third kappa shape index (κ3) is 4.39. The topological polar surface area (TPSA) is 73.4 Å². The number of nitrogens with zero attached hydrogens (tertiary/aromatic N) is 4. The number of hydrogen-bond donors (Lipinski definition) is 1. The molecule has 4 aromatic rings. The van der Waals surface area contributed by atoms with Gasteiger partial charge in [0.05, 0.1) is 7.11 Å². The summed E-state index contributed by atoms with van der Waals surface area (Å²) in [6.07, 6.45) is 7.83. The lowest BCUT2D eigenvalue weighted by atomic mass is 10.2. The Hall–Kier alpha value is -3.35. The summed E-state index contributed by atoms with van der Waals surface area (Å²) in [6, 6.07) is 13.8. The average molecular weight is 391 g/mol. The van der Waals surface area contributed by atoms with E-state index in [1.54, 1.807) is 7.11 Å². The number of ether oxygens (including phenoxy) is 1. The lowest BCUT2D eigenvalue weighted by molar-refractivity contribution is -0.121. The molecule has 0 fully saturated rings. The highest BCUT2D eigenvalue weighted by atomic mass is 16.5. The number of carbonyl (C=O) groups excluding carboxylic acids is 1. The van der Waals surface area contributed by atoms with Gasteiger partial charge >= 0.3 is 0 Å². The standard InChI is InChI=1S/C22H25N5O2/c1-29-18-9-10-19-17(15-18)11-14-26(19)16-22(28)23-12-5-2-3-7-20-24-25-21-8-4-6-13-27(20)21/h4,6,8-11,13-15H,2-3,5,7,12,16H2,1H3,(H,23,28). The zero-order valence-corrected chi connectivity index (χ0v) is 16.5. The summed E-state index contributed by atoms with van der Waals surface area (Å²) in [5.74, 6) is 1.83. The summed E-state index contributed by atoms with van der Waals surface area (Å²) in [5.41, 5.74) is 1.91. The van der Waals surface area contributed by atoms with E-state index >= 15 is 0 Å². The van der Waals surface area contributed by atoms with Gasteiger partial charge in [0, 0.05) is 36.3 Å². The monoisotopic (exact) mass is 391 g/mol. The van der Waals surface area contributed by atoms with Crippen LogP contribution in [0.25, 0.3) is 16.6 Å². The number of rotatable bonds is 9. The van der Waals surface area contributed by atoms with Crippen molar-refractivity contribution in [1.29, 1.82) is 0 Å². The first-order chi connectivity index (χ1) is 14.2. The van der Waals surface area contributed by atoms with Gasteiger partial charge in [-0.25, -0.2) is 0 Å². The number of aromatic nitrogens is 4. The van der Waals surface area contributed by atoms with E-state index in [-0.39, 0.29) is 5.91 Å². The molecule has 3 aromatic heterocycles. The minimum atomic E-state index is 0.0294. The molecule has 0 aliphatic rings. The Bertz CT molecular complexity index is 1110. The van der Waals surface area contributed by atoms with E-state index in [0.29, 0.717) is 13.1 Å². The molecule has 150 valence electrons. The highest BCUT2D eigenvalue weighted by Crippen LogP contribution is 2.21. The van der Waals surface area contributed by atoms with E-state index < -0.39 is 0 Å². The summed E-state index contributed by atoms with van der Waals surface area (Å²) in [7, 11) is 1.65. The number of amides is 1. The Balaban J connectivity index is 1.19. The fraction of sp³-hybridized carbons (Fsp3) is 0.318. The number of aryl methyl sites for hydroxylation is 1. The van der Waals surface area contributed by atoms with Gasteiger partial charge in [-0.3, -0.25) is 9.20 Å². The minimum absolute atomic E-state index is 0.0294. The molecule has 7 heteroatoms. The van der Waals surface area contributed by atoms with E-state index in [1.165, 1.54) is 0 Å². The van der Waals surface area contributed by atoms with Crippen LogP contribution in [0.5, 0.6) is 5.75 Å². The largest absolute Gasteiger partial charge is 0.497 e. The zero-order valence-electron chi connectivity index (χ0n) is 16.5. The molecule has 29 heavy (non-hydrogen) atoms. The number of fused-ring (bicyclic) bond motifs is 2. The number of unbranched alkanes of at least 4 members (excludes halogenated alkanes) is 2. The van der Waals surface area contributed by atoms with Gasteiger partial charge in [-0.2, -0.15) is 0 Å². The molecule has 1 N–H and O–H groups in total. The third-order valence-electron chi connectivity index (χ3n) is 5.08. The molecule has 1 amide bonds. The first kappa shape index (κ1) is 19.0. The van der Waals surface area contributed by atoms with Crippen molar-refractivity contribution >= 4 is 22.5 Å². The molecule has 0 radical (unpaired) electrons. The maximum absolute atomic E-state index is 12.3. The predicted molar refractivity (Wildman–Crippen MR) is 112 cm³/mol. The van der Waals surface area contributed by atoms with Crippen molar-refractivity contribution in [3.63, 3.8) is 0 Å². The van der Waals surface area contributed by atoms with Crippen molar-refractivity contribution in [1.82, 2.24) is 24.5 Å². The van der Waals surface area contributed by atoms with Gasteiger partial charge in [0.25, 0.3) is 0 Å². The van der Waals surface area contributed by atoms with Crippen molar-refractivity contribution in [2.24, 2.45) is 0 Å². The van der Waals surface area contributed by atoms with Crippen LogP contribution in [0.15, 0.2) is 54.9 Å².